The summed E-state index contributed by atoms with van der Waals surface area (Å²) >= 11 is 0. The number of rotatable bonds is 5. The van der Waals surface area contributed by atoms with Gasteiger partial charge in [-0.2, -0.15) is 4.31 Å². The van der Waals surface area contributed by atoms with E-state index < -0.39 is 10.0 Å². The molecule has 2 aromatic carbocycles. The van der Waals surface area contributed by atoms with Crippen LogP contribution in [0.3, 0.4) is 0 Å². The van der Waals surface area contributed by atoms with Crippen LogP contribution in [0.4, 0.5) is 5.69 Å². The first-order chi connectivity index (χ1) is 13.7. The van der Waals surface area contributed by atoms with Gasteiger partial charge in [0, 0.05) is 24.3 Å². The van der Waals surface area contributed by atoms with Gasteiger partial charge in [0.2, 0.25) is 10.0 Å². The second-order valence-corrected chi connectivity index (χ2v) is 10.1. The van der Waals surface area contributed by atoms with Gasteiger partial charge in [0.05, 0.1) is 4.90 Å². The molecule has 2 atom stereocenters. The molecule has 1 saturated heterocycles. The van der Waals surface area contributed by atoms with Gasteiger partial charge < -0.3 is 5.32 Å². The molecule has 1 aliphatic rings. The van der Waals surface area contributed by atoms with Crippen LogP contribution >= 0.6 is 0 Å². The lowest BCUT2D eigenvalue weighted by molar-refractivity contribution is 0.102. The van der Waals surface area contributed by atoms with E-state index in [-0.39, 0.29) is 10.8 Å². The highest BCUT2D eigenvalue weighted by atomic mass is 32.2. The van der Waals surface area contributed by atoms with E-state index in [2.05, 4.69) is 19.2 Å². The molecule has 0 bridgehead atoms. The van der Waals surface area contributed by atoms with Crippen molar-refractivity contribution in [3.63, 3.8) is 0 Å². The van der Waals surface area contributed by atoms with Crippen LogP contribution in [-0.2, 0) is 16.4 Å². The largest absolute Gasteiger partial charge is 0.321 e. The number of carbonyl (C=O) groups is 1. The smallest absolute Gasteiger partial charge is 0.255 e. The number of hydrogen-bond donors (Lipinski definition) is 1. The molecule has 0 spiro atoms. The maximum Gasteiger partial charge on any atom is 0.255 e. The number of piperidine rings is 1. The van der Waals surface area contributed by atoms with E-state index in [9.17, 15) is 13.2 Å². The molecule has 156 valence electrons. The number of aryl methyl sites for hydroxylation is 2. The van der Waals surface area contributed by atoms with Crippen molar-refractivity contribution in [3.8, 4) is 0 Å². The van der Waals surface area contributed by atoms with Gasteiger partial charge in [0.25, 0.3) is 5.91 Å². The molecule has 1 fully saturated rings. The highest BCUT2D eigenvalue weighted by molar-refractivity contribution is 7.89. The molecule has 1 amide bonds. The summed E-state index contributed by atoms with van der Waals surface area (Å²) in [5.74, 6) is 0.457. The average molecular weight is 415 g/mol. The molecule has 5 nitrogen and oxygen atoms in total. The van der Waals surface area contributed by atoms with E-state index in [0.29, 0.717) is 30.5 Å². The summed E-state index contributed by atoms with van der Waals surface area (Å²) in [6.07, 6.45) is 1.87. The van der Waals surface area contributed by atoms with E-state index in [1.54, 1.807) is 16.4 Å². The van der Waals surface area contributed by atoms with Crippen LogP contribution < -0.4 is 5.32 Å². The third-order valence-electron chi connectivity index (χ3n) is 5.57. The molecule has 0 unspecified atom stereocenters. The van der Waals surface area contributed by atoms with Crippen molar-refractivity contribution in [2.45, 2.75) is 45.4 Å². The number of amides is 1. The molecule has 2 aromatic rings. The van der Waals surface area contributed by atoms with Crippen LogP contribution in [0.5, 0.6) is 0 Å². The number of nitrogens with one attached hydrogen (secondary N) is 1. The molecule has 0 aromatic heterocycles. The third-order valence-corrected chi connectivity index (χ3v) is 7.41. The minimum Gasteiger partial charge on any atom is -0.321 e. The zero-order chi connectivity index (χ0) is 21.2. The molecule has 0 radical (unpaired) electrons. The van der Waals surface area contributed by atoms with Crippen LogP contribution in [0.15, 0.2) is 47.4 Å². The topological polar surface area (TPSA) is 66.5 Å². The van der Waals surface area contributed by atoms with Gasteiger partial charge >= 0.3 is 0 Å². The highest BCUT2D eigenvalue weighted by Gasteiger charge is 2.31. The standard InChI is InChI=1S/C23H30N2O3S/c1-5-19-8-6-7-18(4)22(19)24-23(26)20-9-11-21(12-10-20)29(27,28)25-14-16(2)13-17(3)15-25/h6-12,16-17H,5,13-15H2,1-4H3,(H,24,26)/t16-,17-/m1/s1. The Balaban J connectivity index is 1.79. The lowest BCUT2D eigenvalue weighted by Gasteiger charge is -2.34. The summed E-state index contributed by atoms with van der Waals surface area (Å²) in [5.41, 5.74) is 3.35. The van der Waals surface area contributed by atoms with Crippen molar-refractivity contribution in [1.82, 2.24) is 4.31 Å². The number of benzene rings is 2. The van der Waals surface area contributed by atoms with Crippen LogP contribution in [0.25, 0.3) is 0 Å². The first-order valence-electron chi connectivity index (χ1n) is 10.2. The van der Waals surface area contributed by atoms with E-state index in [0.717, 1.165) is 29.7 Å². The zero-order valence-electron chi connectivity index (χ0n) is 17.6. The van der Waals surface area contributed by atoms with Crippen LogP contribution in [0, 0.1) is 18.8 Å². The van der Waals surface area contributed by atoms with Crippen molar-refractivity contribution in [2.75, 3.05) is 18.4 Å². The molecule has 0 saturated carbocycles. The predicted octanol–water partition coefficient (Wildman–Crippen LogP) is 4.48. The highest BCUT2D eigenvalue weighted by Crippen LogP contribution is 2.27. The maximum atomic E-state index is 13.0. The van der Waals surface area contributed by atoms with Crippen LogP contribution in [-0.4, -0.2) is 31.7 Å². The minimum absolute atomic E-state index is 0.237. The maximum absolute atomic E-state index is 13.0. The Bertz CT molecular complexity index is 974. The zero-order valence-corrected chi connectivity index (χ0v) is 18.4. The Labute approximate surface area is 174 Å². The first kappa shape index (κ1) is 21.5. The second kappa shape index (κ2) is 8.67. The summed E-state index contributed by atoms with van der Waals surface area (Å²) in [5, 5.41) is 2.98. The van der Waals surface area contributed by atoms with Crippen molar-refractivity contribution in [1.29, 1.82) is 0 Å². The Morgan fingerprint density at radius 1 is 1.07 bits per heavy atom. The van der Waals surface area contributed by atoms with Gasteiger partial charge in [0.1, 0.15) is 0 Å². The quantitative estimate of drug-likeness (QED) is 0.785. The molecule has 6 heteroatoms. The summed E-state index contributed by atoms with van der Waals surface area (Å²) in [4.78, 5) is 12.9. The minimum atomic E-state index is -3.54. The Morgan fingerprint density at radius 3 is 2.28 bits per heavy atom. The van der Waals surface area contributed by atoms with E-state index in [1.807, 2.05) is 32.0 Å². The summed E-state index contributed by atoms with van der Waals surface area (Å²) in [6, 6.07) is 12.2. The van der Waals surface area contributed by atoms with Gasteiger partial charge in [-0.3, -0.25) is 4.79 Å². The average Bonchev–Trinajstić information content (AvgIpc) is 2.68. The summed E-state index contributed by atoms with van der Waals surface area (Å²) in [6.45, 7) is 9.27. The molecule has 0 aliphatic carbocycles. The molecule has 1 N–H and O–H groups in total. The van der Waals surface area contributed by atoms with E-state index in [4.69, 9.17) is 0 Å². The van der Waals surface area contributed by atoms with Crippen molar-refractivity contribution in [3.05, 3.63) is 59.2 Å². The number of anilines is 1. The Morgan fingerprint density at radius 2 is 1.69 bits per heavy atom. The molecule has 1 aliphatic heterocycles. The molecule has 3 rings (SSSR count). The second-order valence-electron chi connectivity index (χ2n) is 8.21. The third kappa shape index (κ3) is 4.70. The van der Waals surface area contributed by atoms with Crippen LogP contribution in [0.1, 0.15) is 48.7 Å². The fourth-order valence-electron chi connectivity index (χ4n) is 4.12. The number of hydrogen-bond acceptors (Lipinski definition) is 3. The monoisotopic (exact) mass is 414 g/mol. The normalized spacial score (nSPS) is 20.4. The predicted molar refractivity (Wildman–Crippen MR) is 117 cm³/mol. The van der Waals surface area contributed by atoms with E-state index >= 15 is 0 Å². The Hall–Kier alpha value is -2.18. The van der Waals surface area contributed by atoms with Gasteiger partial charge in [-0.15, -0.1) is 0 Å². The Kier molecular flexibility index (Phi) is 6.44. The summed E-state index contributed by atoms with van der Waals surface area (Å²) in [7, 11) is -3.54. The van der Waals surface area contributed by atoms with Gasteiger partial charge in [0.15, 0.2) is 0 Å². The summed E-state index contributed by atoms with van der Waals surface area (Å²) < 4.78 is 27.6. The number of nitrogens with zero attached hydrogens (tertiary/aromatic N) is 1. The van der Waals surface area contributed by atoms with Crippen molar-refractivity contribution in [2.24, 2.45) is 11.8 Å². The number of para-hydroxylation sites is 1. The lowest BCUT2D eigenvalue weighted by atomic mass is 9.94. The molecular weight excluding hydrogens is 384 g/mol. The SMILES string of the molecule is CCc1cccc(C)c1NC(=O)c1ccc(S(=O)(=O)N2C[C@H](C)C[C@@H](C)C2)cc1. The number of sulfonamides is 1. The number of carbonyl (C=O) groups excluding carboxylic acids is 1. The molecule has 29 heavy (non-hydrogen) atoms. The fraction of sp³-hybridized carbons (Fsp3) is 0.435. The van der Waals surface area contributed by atoms with Crippen molar-refractivity contribution < 1.29 is 13.2 Å². The van der Waals surface area contributed by atoms with Gasteiger partial charge in [-0.1, -0.05) is 39.0 Å². The van der Waals surface area contributed by atoms with Crippen molar-refractivity contribution >= 4 is 21.6 Å². The lowest BCUT2D eigenvalue weighted by Crippen LogP contribution is -2.42. The molecule has 1 heterocycles. The van der Waals surface area contributed by atoms with Gasteiger partial charge in [-0.25, -0.2) is 8.42 Å². The van der Waals surface area contributed by atoms with E-state index in [1.165, 1.54) is 12.1 Å². The first-order valence-corrected chi connectivity index (χ1v) is 11.7. The molecular formula is C23H30N2O3S. The van der Waals surface area contributed by atoms with Crippen LogP contribution in [0.2, 0.25) is 0 Å². The fourth-order valence-corrected chi connectivity index (χ4v) is 5.80. The van der Waals surface area contributed by atoms with Gasteiger partial charge in [-0.05, 0) is 67.0 Å².